The van der Waals surface area contributed by atoms with Gasteiger partial charge in [-0.1, -0.05) is 23.2 Å². The average molecular weight is 391 g/mol. The zero-order valence-electron chi connectivity index (χ0n) is 13.2. The summed E-state index contributed by atoms with van der Waals surface area (Å²) in [5.74, 6) is -0.186. The molecule has 0 bridgehead atoms. The van der Waals surface area contributed by atoms with E-state index < -0.39 is 0 Å². The number of carbonyl (C=O) groups excluding carboxylic acids is 2. The highest BCUT2D eigenvalue weighted by Gasteiger charge is 2.18. The van der Waals surface area contributed by atoms with Crippen LogP contribution in [0.25, 0.3) is 0 Å². The number of hydrogen-bond donors (Lipinski definition) is 3. The third kappa shape index (κ3) is 3.99. The van der Waals surface area contributed by atoms with E-state index in [1.54, 1.807) is 18.2 Å². The Morgan fingerprint density at radius 1 is 1.27 bits per heavy atom. The summed E-state index contributed by atoms with van der Waals surface area (Å²) in [7, 11) is 0. The van der Waals surface area contributed by atoms with Crippen LogP contribution in [-0.4, -0.2) is 25.0 Å². The van der Waals surface area contributed by atoms with Crippen LogP contribution in [0.1, 0.15) is 5.56 Å². The zero-order chi connectivity index (χ0) is 18.7. The first kappa shape index (κ1) is 17.9. The second kappa shape index (κ2) is 7.52. The Kier molecular flexibility index (Phi) is 5.16. The first-order valence-electron chi connectivity index (χ1n) is 7.46. The molecule has 3 N–H and O–H groups in total. The molecule has 2 amide bonds. The van der Waals surface area contributed by atoms with Crippen molar-refractivity contribution in [2.45, 2.75) is 0 Å². The molecule has 1 aliphatic heterocycles. The molecule has 0 aromatic heterocycles. The standard InChI is InChI=1S/C17H12Cl2N4O3/c18-10-2-1-9(6-20)12(3-10)22-16(24)7-21-13-5-15-14(4-11(13)19)23-17(25)8-26-15/h1-5,21H,7-8H2,(H,22,24)(H,23,25). The molecule has 132 valence electrons. The Hall–Kier alpha value is -2.95. The van der Waals surface area contributed by atoms with Crippen LogP contribution in [0, 0.1) is 11.3 Å². The quantitative estimate of drug-likeness (QED) is 0.743. The Morgan fingerprint density at radius 3 is 2.85 bits per heavy atom. The summed E-state index contributed by atoms with van der Waals surface area (Å²) in [6, 6.07) is 9.72. The fourth-order valence-corrected chi connectivity index (χ4v) is 2.73. The van der Waals surface area contributed by atoms with Gasteiger partial charge in [-0.2, -0.15) is 5.26 Å². The lowest BCUT2D eigenvalue weighted by Gasteiger charge is -2.20. The van der Waals surface area contributed by atoms with Gasteiger partial charge in [0.05, 0.1) is 34.2 Å². The number of anilines is 3. The van der Waals surface area contributed by atoms with Crippen molar-refractivity contribution in [3.63, 3.8) is 0 Å². The van der Waals surface area contributed by atoms with Crippen LogP contribution >= 0.6 is 23.2 Å². The van der Waals surface area contributed by atoms with Crippen LogP contribution in [-0.2, 0) is 9.59 Å². The van der Waals surface area contributed by atoms with Crippen LogP contribution in [0.15, 0.2) is 30.3 Å². The summed E-state index contributed by atoms with van der Waals surface area (Å²) in [6.45, 7) is -0.178. The second-order valence-corrected chi connectivity index (χ2v) is 6.21. The van der Waals surface area contributed by atoms with Crippen LogP contribution in [0.2, 0.25) is 10.0 Å². The van der Waals surface area contributed by atoms with Crippen molar-refractivity contribution in [2.24, 2.45) is 0 Å². The zero-order valence-corrected chi connectivity index (χ0v) is 14.7. The van der Waals surface area contributed by atoms with E-state index in [1.807, 2.05) is 6.07 Å². The molecule has 0 saturated heterocycles. The smallest absolute Gasteiger partial charge is 0.262 e. The summed E-state index contributed by atoms with van der Waals surface area (Å²) < 4.78 is 5.32. The van der Waals surface area contributed by atoms with E-state index in [9.17, 15) is 9.59 Å². The number of nitriles is 1. The molecular formula is C17H12Cl2N4O3. The van der Waals surface area contributed by atoms with Gasteiger partial charge in [0, 0.05) is 11.1 Å². The van der Waals surface area contributed by atoms with Crippen LogP contribution in [0.5, 0.6) is 5.75 Å². The molecule has 1 heterocycles. The van der Waals surface area contributed by atoms with Gasteiger partial charge in [-0.3, -0.25) is 9.59 Å². The van der Waals surface area contributed by atoms with E-state index in [0.29, 0.717) is 38.4 Å². The molecule has 0 unspecified atom stereocenters. The van der Waals surface area contributed by atoms with Gasteiger partial charge in [-0.05, 0) is 24.3 Å². The van der Waals surface area contributed by atoms with Gasteiger partial charge in [-0.25, -0.2) is 0 Å². The van der Waals surface area contributed by atoms with Gasteiger partial charge >= 0.3 is 0 Å². The number of halogens is 2. The number of hydrogen-bond acceptors (Lipinski definition) is 5. The molecular weight excluding hydrogens is 379 g/mol. The van der Waals surface area contributed by atoms with Crippen LogP contribution in [0.3, 0.4) is 0 Å². The fourth-order valence-electron chi connectivity index (χ4n) is 2.32. The molecule has 7 nitrogen and oxygen atoms in total. The largest absolute Gasteiger partial charge is 0.482 e. The lowest BCUT2D eigenvalue weighted by molar-refractivity contribution is -0.118. The Morgan fingerprint density at radius 2 is 2.08 bits per heavy atom. The molecule has 0 saturated carbocycles. The van der Waals surface area contributed by atoms with Crippen molar-refractivity contribution >= 4 is 52.1 Å². The minimum absolute atomic E-state index is 0.0831. The number of ether oxygens (including phenoxy) is 1. The lowest BCUT2D eigenvalue weighted by atomic mass is 10.2. The first-order chi connectivity index (χ1) is 12.5. The van der Waals surface area contributed by atoms with Crippen molar-refractivity contribution in [3.05, 3.63) is 45.9 Å². The van der Waals surface area contributed by atoms with Gasteiger partial charge < -0.3 is 20.7 Å². The van der Waals surface area contributed by atoms with E-state index >= 15 is 0 Å². The molecule has 0 radical (unpaired) electrons. The minimum atomic E-state index is -0.383. The number of benzene rings is 2. The summed E-state index contributed by atoms with van der Waals surface area (Å²) in [4.78, 5) is 23.5. The molecule has 2 aromatic rings. The molecule has 0 fully saturated rings. The molecule has 1 aliphatic rings. The SMILES string of the molecule is N#Cc1ccc(Cl)cc1NC(=O)CNc1cc2c(cc1Cl)NC(=O)CO2. The van der Waals surface area contributed by atoms with Crippen molar-refractivity contribution in [1.82, 2.24) is 0 Å². The first-order valence-corrected chi connectivity index (χ1v) is 8.21. The molecule has 9 heteroatoms. The molecule has 3 rings (SSSR count). The van der Waals surface area contributed by atoms with Gasteiger partial charge in [0.15, 0.2) is 6.61 Å². The van der Waals surface area contributed by atoms with Crippen LogP contribution in [0.4, 0.5) is 17.1 Å². The topological polar surface area (TPSA) is 103 Å². The van der Waals surface area contributed by atoms with Gasteiger partial charge in [0.25, 0.3) is 5.91 Å². The van der Waals surface area contributed by atoms with Crippen molar-refractivity contribution in [3.8, 4) is 11.8 Å². The van der Waals surface area contributed by atoms with Crippen molar-refractivity contribution < 1.29 is 14.3 Å². The third-order valence-electron chi connectivity index (χ3n) is 3.52. The molecule has 0 aliphatic carbocycles. The Labute approximate surface area is 158 Å². The maximum Gasteiger partial charge on any atom is 0.262 e. The summed E-state index contributed by atoms with van der Waals surface area (Å²) in [5, 5.41) is 18.0. The summed E-state index contributed by atoms with van der Waals surface area (Å²) in [5.41, 5.74) is 1.58. The number of nitrogens with one attached hydrogen (secondary N) is 3. The van der Waals surface area contributed by atoms with Crippen LogP contribution < -0.4 is 20.7 Å². The lowest BCUT2D eigenvalue weighted by Crippen LogP contribution is -2.26. The van der Waals surface area contributed by atoms with Gasteiger partial charge in [-0.15, -0.1) is 0 Å². The average Bonchev–Trinajstić information content (AvgIpc) is 2.60. The van der Waals surface area contributed by atoms with E-state index in [0.717, 1.165) is 0 Å². The number of rotatable bonds is 4. The maximum atomic E-state index is 12.2. The Bertz CT molecular complexity index is 940. The second-order valence-electron chi connectivity index (χ2n) is 5.37. The summed E-state index contributed by atoms with van der Waals surface area (Å²) in [6.07, 6.45) is 0. The highest BCUT2D eigenvalue weighted by atomic mass is 35.5. The molecule has 2 aromatic carbocycles. The predicted molar refractivity (Wildman–Crippen MR) is 98.9 cm³/mol. The van der Waals surface area contributed by atoms with E-state index in [1.165, 1.54) is 12.1 Å². The molecule has 0 spiro atoms. The predicted octanol–water partition coefficient (Wildman–Crippen LogP) is 3.25. The highest BCUT2D eigenvalue weighted by molar-refractivity contribution is 6.34. The molecule has 26 heavy (non-hydrogen) atoms. The highest BCUT2D eigenvalue weighted by Crippen LogP contribution is 2.36. The number of amides is 2. The van der Waals surface area contributed by atoms with Gasteiger partial charge in [0.1, 0.15) is 11.8 Å². The molecule has 0 atom stereocenters. The van der Waals surface area contributed by atoms with Gasteiger partial charge in [0.2, 0.25) is 5.91 Å². The van der Waals surface area contributed by atoms with E-state index in [4.69, 9.17) is 33.2 Å². The fraction of sp³-hybridized carbons (Fsp3) is 0.118. The minimum Gasteiger partial charge on any atom is -0.482 e. The summed E-state index contributed by atoms with van der Waals surface area (Å²) >= 11 is 12.1. The number of nitrogens with zero attached hydrogens (tertiary/aromatic N) is 1. The number of carbonyl (C=O) groups is 2. The van der Waals surface area contributed by atoms with Crippen molar-refractivity contribution in [2.75, 3.05) is 29.1 Å². The number of fused-ring (bicyclic) bond motifs is 1. The normalized spacial score (nSPS) is 12.3. The van der Waals surface area contributed by atoms with Crippen molar-refractivity contribution in [1.29, 1.82) is 5.26 Å². The van der Waals surface area contributed by atoms with E-state index in [-0.39, 0.29) is 25.0 Å². The monoisotopic (exact) mass is 390 g/mol. The Balaban J connectivity index is 1.68. The maximum absolute atomic E-state index is 12.2. The van der Waals surface area contributed by atoms with E-state index in [2.05, 4.69) is 16.0 Å². The third-order valence-corrected chi connectivity index (χ3v) is 4.07.